The van der Waals surface area contributed by atoms with E-state index in [1.54, 1.807) is 0 Å². The van der Waals surface area contributed by atoms with Crippen molar-refractivity contribution in [3.63, 3.8) is 0 Å². The van der Waals surface area contributed by atoms with Crippen LogP contribution >= 0.6 is 11.5 Å². The van der Waals surface area contributed by atoms with Gasteiger partial charge < -0.3 is 10.2 Å². The van der Waals surface area contributed by atoms with Crippen molar-refractivity contribution in [3.8, 4) is 0 Å². The molecule has 1 N–H and O–H groups in total. The highest BCUT2D eigenvalue weighted by atomic mass is 32.1. The van der Waals surface area contributed by atoms with Crippen LogP contribution in [0.2, 0.25) is 0 Å². The second-order valence-electron chi connectivity index (χ2n) is 7.20. The molecule has 1 aromatic heterocycles. The second kappa shape index (κ2) is 7.12. The van der Waals surface area contributed by atoms with E-state index in [1.165, 1.54) is 22.7 Å². The van der Waals surface area contributed by atoms with Gasteiger partial charge in [0, 0.05) is 43.0 Å². The molecular weight excluding hydrogens is 332 g/mol. The van der Waals surface area contributed by atoms with Crippen LogP contribution in [0.4, 0.5) is 5.13 Å². The molecule has 0 spiro atoms. The number of hydrogen-bond acceptors (Lipinski definition) is 5. The van der Waals surface area contributed by atoms with Gasteiger partial charge in [0.25, 0.3) is 0 Å². The van der Waals surface area contributed by atoms with Crippen molar-refractivity contribution in [1.82, 2.24) is 14.7 Å². The third kappa shape index (κ3) is 4.18. The predicted molar refractivity (Wildman–Crippen MR) is 100.0 cm³/mol. The molecule has 2 aliphatic rings. The summed E-state index contributed by atoms with van der Waals surface area (Å²) < 4.78 is 4.52. The molecule has 1 aromatic carbocycles. The minimum atomic E-state index is 0.164. The number of nitrogens with zero attached hydrogens (tertiary/aromatic N) is 3. The molecule has 1 saturated heterocycles. The standard InChI is InChI=1S/C19H24N4OS/c1-13-2-4-14(5-3-13)12-17-21-19(25-22-17)23-10-8-15(9-11-23)18(24)20-16-6-7-16/h2-5,15-16H,6-12H2,1H3,(H,20,24). The van der Waals surface area contributed by atoms with Crippen molar-refractivity contribution in [2.24, 2.45) is 5.92 Å². The Morgan fingerprint density at radius 2 is 1.92 bits per heavy atom. The third-order valence-electron chi connectivity index (χ3n) is 5.00. The van der Waals surface area contributed by atoms with E-state index in [2.05, 4.69) is 45.8 Å². The van der Waals surface area contributed by atoms with Gasteiger partial charge in [0.2, 0.25) is 11.0 Å². The van der Waals surface area contributed by atoms with E-state index in [4.69, 9.17) is 4.98 Å². The number of nitrogens with one attached hydrogen (secondary N) is 1. The minimum absolute atomic E-state index is 0.164. The predicted octanol–water partition coefficient (Wildman–Crippen LogP) is 2.93. The molecule has 1 aliphatic heterocycles. The molecule has 1 aliphatic carbocycles. The third-order valence-corrected chi connectivity index (χ3v) is 5.82. The molecule has 0 unspecified atom stereocenters. The van der Waals surface area contributed by atoms with Gasteiger partial charge in [-0.15, -0.1) is 0 Å². The van der Waals surface area contributed by atoms with Crippen molar-refractivity contribution < 1.29 is 4.79 Å². The summed E-state index contributed by atoms with van der Waals surface area (Å²) in [6, 6.07) is 8.98. The topological polar surface area (TPSA) is 58.1 Å². The summed E-state index contributed by atoms with van der Waals surface area (Å²) in [7, 11) is 0. The molecule has 0 bridgehead atoms. The van der Waals surface area contributed by atoms with E-state index >= 15 is 0 Å². The van der Waals surface area contributed by atoms with E-state index in [9.17, 15) is 4.79 Å². The summed E-state index contributed by atoms with van der Waals surface area (Å²) in [6.07, 6.45) is 4.89. The first kappa shape index (κ1) is 16.5. The maximum atomic E-state index is 12.2. The van der Waals surface area contributed by atoms with Crippen LogP contribution in [-0.4, -0.2) is 34.4 Å². The van der Waals surface area contributed by atoms with Gasteiger partial charge in [0.05, 0.1) is 0 Å². The summed E-state index contributed by atoms with van der Waals surface area (Å²) in [5.41, 5.74) is 2.51. The van der Waals surface area contributed by atoms with Crippen LogP contribution in [0.25, 0.3) is 0 Å². The number of aryl methyl sites for hydroxylation is 1. The monoisotopic (exact) mass is 356 g/mol. The Labute approximate surface area is 152 Å². The summed E-state index contributed by atoms with van der Waals surface area (Å²) in [4.78, 5) is 19.2. The van der Waals surface area contributed by atoms with E-state index < -0.39 is 0 Å². The summed E-state index contributed by atoms with van der Waals surface area (Å²) >= 11 is 1.47. The number of hydrogen-bond donors (Lipinski definition) is 1. The lowest BCUT2D eigenvalue weighted by molar-refractivity contribution is -0.125. The van der Waals surface area contributed by atoms with Gasteiger partial charge >= 0.3 is 0 Å². The van der Waals surface area contributed by atoms with Crippen molar-refractivity contribution in [2.75, 3.05) is 18.0 Å². The zero-order valence-corrected chi connectivity index (χ0v) is 15.4. The molecular formula is C19H24N4OS. The fourth-order valence-corrected chi connectivity index (χ4v) is 3.95. The highest BCUT2D eigenvalue weighted by Gasteiger charge is 2.30. The molecule has 2 aromatic rings. The summed E-state index contributed by atoms with van der Waals surface area (Å²) in [6.45, 7) is 3.88. The highest BCUT2D eigenvalue weighted by Crippen LogP contribution is 2.27. The van der Waals surface area contributed by atoms with E-state index in [0.29, 0.717) is 6.04 Å². The lowest BCUT2D eigenvalue weighted by atomic mass is 9.96. The van der Waals surface area contributed by atoms with Gasteiger partial charge in [-0.3, -0.25) is 4.79 Å². The van der Waals surface area contributed by atoms with Gasteiger partial charge in [0.15, 0.2) is 0 Å². The zero-order valence-electron chi connectivity index (χ0n) is 14.6. The Morgan fingerprint density at radius 3 is 2.60 bits per heavy atom. The van der Waals surface area contributed by atoms with Crippen LogP contribution in [0, 0.1) is 12.8 Å². The maximum absolute atomic E-state index is 12.2. The molecule has 25 heavy (non-hydrogen) atoms. The average Bonchev–Trinajstić information content (AvgIpc) is 3.32. The van der Waals surface area contributed by atoms with Crippen LogP contribution in [0.5, 0.6) is 0 Å². The van der Waals surface area contributed by atoms with Gasteiger partial charge in [-0.1, -0.05) is 29.8 Å². The van der Waals surface area contributed by atoms with Gasteiger partial charge in [0.1, 0.15) is 5.82 Å². The minimum Gasteiger partial charge on any atom is -0.353 e. The number of rotatable bonds is 5. The Bertz CT molecular complexity index is 730. The number of benzene rings is 1. The molecule has 4 rings (SSSR count). The summed E-state index contributed by atoms with van der Waals surface area (Å²) in [5.74, 6) is 1.30. The van der Waals surface area contributed by atoms with Crippen LogP contribution in [-0.2, 0) is 11.2 Å². The Balaban J connectivity index is 1.31. The molecule has 6 heteroatoms. The smallest absolute Gasteiger partial charge is 0.223 e. The molecule has 132 valence electrons. The SMILES string of the molecule is Cc1ccc(Cc2nsc(N3CCC(C(=O)NC4CC4)CC3)n2)cc1. The highest BCUT2D eigenvalue weighted by molar-refractivity contribution is 7.09. The second-order valence-corrected chi connectivity index (χ2v) is 7.93. The fraction of sp³-hybridized carbons (Fsp3) is 0.526. The Hall–Kier alpha value is -1.95. The molecule has 5 nitrogen and oxygen atoms in total. The quantitative estimate of drug-likeness (QED) is 0.895. The first-order valence-electron chi connectivity index (χ1n) is 9.11. The molecule has 2 heterocycles. The number of aromatic nitrogens is 2. The summed E-state index contributed by atoms with van der Waals surface area (Å²) in [5, 5.41) is 4.12. The molecule has 1 amide bonds. The lowest BCUT2D eigenvalue weighted by Gasteiger charge is -2.30. The van der Waals surface area contributed by atoms with Crippen molar-refractivity contribution in [1.29, 1.82) is 0 Å². The van der Waals surface area contributed by atoms with Crippen LogP contribution < -0.4 is 10.2 Å². The molecule has 1 saturated carbocycles. The number of carbonyl (C=O) groups excluding carboxylic acids is 1. The number of carbonyl (C=O) groups is 1. The number of piperidine rings is 1. The average molecular weight is 356 g/mol. The largest absolute Gasteiger partial charge is 0.353 e. The first-order valence-corrected chi connectivity index (χ1v) is 9.88. The molecule has 2 fully saturated rings. The van der Waals surface area contributed by atoms with Crippen molar-refractivity contribution in [3.05, 3.63) is 41.2 Å². The van der Waals surface area contributed by atoms with Crippen LogP contribution in [0.3, 0.4) is 0 Å². The maximum Gasteiger partial charge on any atom is 0.223 e. The van der Waals surface area contributed by atoms with Gasteiger partial charge in [-0.05, 0) is 38.2 Å². The Kier molecular flexibility index (Phi) is 4.70. The fourth-order valence-electron chi connectivity index (χ4n) is 3.21. The van der Waals surface area contributed by atoms with E-state index in [0.717, 1.165) is 56.1 Å². The van der Waals surface area contributed by atoms with Gasteiger partial charge in [-0.25, -0.2) is 4.98 Å². The van der Waals surface area contributed by atoms with Crippen molar-refractivity contribution in [2.45, 2.75) is 45.1 Å². The normalized spacial score (nSPS) is 18.4. The van der Waals surface area contributed by atoms with Crippen LogP contribution in [0.15, 0.2) is 24.3 Å². The van der Waals surface area contributed by atoms with Gasteiger partial charge in [-0.2, -0.15) is 4.37 Å². The molecule has 0 atom stereocenters. The van der Waals surface area contributed by atoms with Crippen molar-refractivity contribution >= 4 is 22.6 Å². The van der Waals surface area contributed by atoms with E-state index in [1.807, 2.05) is 0 Å². The Morgan fingerprint density at radius 1 is 1.20 bits per heavy atom. The van der Waals surface area contributed by atoms with E-state index in [-0.39, 0.29) is 11.8 Å². The first-order chi connectivity index (χ1) is 12.2. The number of anilines is 1. The van der Waals surface area contributed by atoms with Crippen LogP contribution in [0.1, 0.15) is 42.6 Å². The zero-order chi connectivity index (χ0) is 17.2. The number of amides is 1. The molecule has 0 radical (unpaired) electrons. The lowest BCUT2D eigenvalue weighted by Crippen LogP contribution is -2.41.